The van der Waals surface area contributed by atoms with E-state index in [0.29, 0.717) is 39.3 Å². The highest BCUT2D eigenvalue weighted by Gasteiger charge is 2.17. The van der Waals surface area contributed by atoms with Crippen LogP contribution in [0.4, 0.5) is 0 Å². The standard InChI is InChI=1S/C36H70O7.CH4/c1-4-6-8-10-12-14-16-18-20-22-24-26-35(37)42-33-34(32-41-31-30-40-29-28-39-3)43-36(38)27-25-23-21-19-17-15-13-11-9-7-5-2;/h34H,4-33H2,1-3H3;1H4. The van der Waals surface area contributed by atoms with Crippen LogP contribution in [0.5, 0.6) is 0 Å². The number of carbonyl (C=O) groups excluding carboxylic acids is 2. The zero-order valence-electron chi connectivity index (χ0n) is 28.6. The summed E-state index contributed by atoms with van der Waals surface area (Å²) in [4.78, 5) is 24.8. The van der Waals surface area contributed by atoms with Gasteiger partial charge in [0.25, 0.3) is 0 Å². The van der Waals surface area contributed by atoms with E-state index in [9.17, 15) is 9.59 Å². The number of hydrogen-bond donors (Lipinski definition) is 0. The van der Waals surface area contributed by atoms with Crippen molar-refractivity contribution in [1.29, 1.82) is 0 Å². The fourth-order valence-electron chi connectivity index (χ4n) is 5.06. The predicted octanol–water partition coefficient (Wildman–Crippen LogP) is 10.2. The molecule has 0 heterocycles. The lowest BCUT2D eigenvalue weighted by Crippen LogP contribution is -2.30. The third-order valence-corrected chi connectivity index (χ3v) is 7.80. The Hall–Kier alpha value is -1.18. The van der Waals surface area contributed by atoms with Gasteiger partial charge in [-0.2, -0.15) is 0 Å². The summed E-state index contributed by atoms with van der Waals surface area (Å²) in [5.41, 5.74) is 0. The molecule has 0 N–H and O–H groups in total. The summed E-state index contributed by atoms with van der Waals surface area (Å²) in [6.07, 6.45) is 27.5. The molecule has 0 radical (unpaired) electrons. The Balaban J connectivity index is 0. The Bertz CT molecular complexity index is 584. The van der Waals surface area contributed by atoms with Gasteiger partial charge >= 0.3 is 11.9 Å². The van der Waals surface area contributed by atoms with E-state index in [1.54, 1.807) is 7.11 Å². The van der Waals surface area contributed by atoms with Crippen molar-refractivity contribution in [3.05, 3.63) is 0 Å². The maximum Gasteiger partial charge on any atom is 0.306 e. The van der Waals surface area contributed by atoms with Crippen molar-refractivity contribution in [3.63, 3.8) is 0 Å². The summed E-state index contributed by atoms with van der Waals surface area (Å²) < 4.78 is 27.2. The first-order valence-electron chi connectivity index (χ1n) is 18.1. The number of unbranched alkanes of at least 4 members (excludes halogenated alkanes) is 20. The van der Waals surface area contributed by atoms with Crippen LogP contribution in [-0.4, -0.2) is 64.8 Å². The summed E-state index contributed by atoms with van der Waals surface area (Å²) >= 11 is 0. The molecule has 0 fully saturated rings. The quantitative estimate of drug-likeness (QED) is 0.0509. The van der Waals surface area contributed by atoms with Crippen LogP contribution >= 0.6 is 0 Å². The van der Waals surface area contributed by atoms with E-state index in [1.807, 2.05) is 0 Å². The maximum absolute atomic E-state index is 12.5. The van der Waals surface area contributed by atoms with Gasteiger partial charge in [-0.15, -0.1) is 0 Å². The summed E-state index contributed by atoms with van der Waals surface area (Å²) in [5.74, 6) is -0.479. The first-order valence-corrected chi connectivity index (χ1v) is 18.1. The van der Waals surface area contributed by atoms with E-state index >= 15 is 0 Å². The molecule has 1 unspecified atom stereocenters. The molecule has 0 saturated carbocycles. The summed E-state index contributed by atoms with van der Waals surface area (Å²) in [7, 11) is 1.63. The van der Waals surface area contributed by atoms with Crippen molar-refractivity contribution >= 4 is 11.9 Å². The van der Waals surface area contributed by atoms with Crippen molar-refractivity contribution in [2.24, 2.45) is 0 Å². The lowest BCUT2D eigenvalue weighted by molar-refractivity contribution is -0.163. The number of hydrogen-bond acceptors (Lipinski definition) is 7. The molecule has 0 aromatic rings. The van der Waals surface area contributed by atoms with Crippen molar-refractivity contribution in [2.45, 2.75) is 181 Å². The minimum Gasteiger partial charge on any atom is -0.462 e. The molecule has 7 nitrogen and oxygen atoms in total. The number of esters is 2. The first-order chi connectivity index (χ1) is 21.1. The molecule has 0 rings (SSSR count). The minimum absolute atomic E-state index is 0. The average Bonchev–Trinajstić information content (AvgIpc) is 3.00. The second-order valence-corrected chi connectivity index (χ2v) is 12.0. The molecule has 0 amide bonds. The van der Waals surface area contributed by atoms with Gasteiger partial charge in [0, 0.05) is 20.0 Å². The average molecular weight is 631 g/mol. The molecular formula is C37H74O7. The molecule has 0 bridgehead atoms. The van der Waals surface area contributed by atoms with Crippen molar-refractivity contribution < 1.29 is 33.3 Å². The summed E-state index contributed by atoms with van der Waals surface area (Å²) in [6, 6.07) is 0. The number of carbonyl (C=O) groups is 2. The van der Waals surface area contributed by atoms with E-state index in [-0.39, 0.29) is 32.6 Å². The Labute approximate surface area is 273 Å². The highest BCUT2D eigenvalue weighted by atomic mass is 16.6. The molecule has 1 atom stereocenters. The molecule has 0 aliphatic carbocycles. The topological polar surface area (TPSA) is 80.3 Å². The van der Waals surface area contributed by atoms with Crippen molar-refractivity contribution in [1.82, 2.24) is 0 Å². The number of methoxy groups -OCH3 is 1. The highest BCUT2D eigenvalue weighted by molar-refractivity contribution is 5.70. The first kappa shape index (κ1) is 44.9. The van der Waals surface area contributed by atoms with Crippen LogP contribution in [0, 0.1) is 0 Å². The van der Waals surface area contributed by atoms with Crippen LogP contribution in [0.15, 0.2) is 0 Å². The molecule has 0 aromatic heterocycles. The van der Waals surface area contributed by atoms with E-state index in [1.165, 1.54) is 109 Å². The van der Waals surface area contributed by atoms with E-state index < -0.39 is 6.10 Å². The maximum atomic E-state index is 12.5. The lowest BCUT2D eigenvalue weighted by Gasteiger charge is -2.18. The molecule has 44 heavy (non-hydrogen) atoms. The highest BCUT2D eigenvalue weighted by Crippen LogP contribution is 2.14. The van der Waals surface area contributed by atoms with Gasteiger partial charge in [0.1, 0.15) is 6.61 Å². The normalized spacial score (nSPS) is 11.7. The largest absolute Gasteiger partial charge is 0.462 e. The molecule has 0 saturated heterocycles. The zero-order chi connectivity index (χ0) is 31.5. The minimum atomic E-state index is -0.597. The van der Waals surface area contributed by atoms with Crippen molar-refractivity contribution in [3.8, 4) is 0 Å². The predicted molar refractivity (Wildman–Crippen MR) is 183 cm³/mol. The second-order valence-electron chi connectivity index (χ2n) is 12.0. The number of ether oxygens (including phenoxy) is 5. The summed E-state index contributed by atoms with van der Waals surface area (Å²) in [6.45, 7) is 6.57. The molecule has 0 aliphatic rings. The van der Waals surface area contributed by atoms with Crippen molar-refractivity contribution in [2.75, 3.05) is 46.8 Å². The van der Waals surface area contributed by atoms with Gasteiger partial charge in [0.2, 0.25) is 0 Å². The molecule has 0 aromatic carbocycles. The van der Waals surface area contributed by atoms with Crippen LogP contribution in [-0.2, 0) is 33.3 Å². The van der Waals surface area contributed by atoms with Crippen LogP contribution in [0.1, 0.15) is 175 Å². The van der Waals surface area contributed by atoms with Gasteiger partial charge in [0.15, 0.2) is 6.10 Å². The molecule has 0 aliphatic heterocycles. The lowest BCUT2D eigenvalue weighted by atomic mass is 10.1. The van der Waals surface area contributed by atoms with E-state index in [0.717, 1.165) is 32.1 Å². The monoisotopic (exact) mass is 631 g/mol. The van der Waals surface area contributed by atoms with E-state index in [4.69, 9.17) is 23.7 Å². The van der Waals surface area contributed by atoms with Crippen LogP contribution in [0.2, 0.25) is 0 Å². The molecule has 264 valence electrons. The third kappa shape index (κ3) is 35.3. The molecule has 0 spiro atoms. The smallest absolute Gasteiger partial charge is 0.306 e. The third-order valence-electron chi connectivity index (χ3n) is 7.80. The second kappa shape index (κ2) is 38.0. The Morgan fingerprint density at radius 3 is 1.32 bits per heavy atom. The van der Waals surface area contributed by atoms with Gasteiger partial charge < -0.3 is 23.7 Å². The Kier molecular flexibility index (Phi) is 38.8. The molecule has 7 heteroatoms. The fourth-order valence-corrected chi connectivity index (χ4v) is 5.06. The van der Waals surface area contributed by atoms with E-state index in [2.05, 4.69) is 13.8 Å². The fraction of sp³-hybridized carbons (Fsp3) is 0.946. The summed E-state index contributed by atoms with van der Waals surface area (Å²) in [5, 5.41) is 0. The van der Waals surface area contributed by atoms with Gasteiger partial charge in [-0.3, -0.25) is 9.59 Å². The Morgan fingerprint density at radius 1 is 0.477 bits per heavy atom. The van der Waals surface area contributed by atoms with Crippen LogP contribution < -0.4 is 0 Å². The van der Waals surface area contributed by atoms with Gasteiger partial charge in [-0.1, -0.05) is 150 Å². The SMILES string of the molecule is C.CCCCCCCCCCCCCC(=O)OCC(COCCOCCOC)OC(=O)CCCCCCCCCCCCC. The van der Waals surface area contributed by atoms with Gasteiger partial charge in [0.05, 0.1) is 33.0 Å². The van der Waals surface area contributed by atoms with Crippen LogP contribution in [0.25, 0.3) is 0 Å². The Morgan fingerprint density at radius 2 is 0.864 bits per heavy atom. The van der Waals surface area contributed by atoms with Gasteiger partial charge in [-0.05, 0) is 12.8 Å². The zero-order valence-corrected chi connectivity index (χ0v) is 28.6. The van der Waals surface area contributed by atoms with Gasteiger partial charge in [-0.25, -0.2) is 0 Å². The van der Waals surface area contributed by atoms with Crippen LogP contribution in [0.3, 0.4) is 0 Å². The number of rotatable bonds is 35. The molecular weight excluding hydrogens is 556 g/mol.